The number of hydrogen-bond acceptors (Lipinski definition) is 5. The molecule has 0 bridgehead atoms. The predicted molar refractivity (Wildman–Crippen MR) is 325 cm³/mol. The maximum atomic E-state index is 9.17. The van der Waals surface area contributed by atoms with Gasteiger partial charge in [-0.2, -0.15) is 6.07 Å². The predicted octanol–water partition coefficient (Wildman–Crippen LogP) is 19.7. The second kappa shape index (κ2) is 21.4. The van der Waals surface area contributed by atoms with Gasteiger partial charge in [0.05, 0.1) is 13.7 Å². The number of pyridine rings is 1. The summed E-state index contributed by atoms with van der Waals surface area (Å²) in [7, 11) is 0. The van der Waals surface area contributed by atoms with E-state index in [1.807, 2.05) is 114 Å². The molecule has 394 valence electrons. The van der Waals surface area contributed by atoms with Crippen LogP contribution in [0, 0.1) is 39.6 Å². The molecule has 6 nitrogen and oxygen atoms in total. The van der Waals surface area contributed by atoms with E-state index in [2.05, 4.69) is 94.6 Å². The maximum Gasteiger partial charge on any atom is 0.143 e. The summed E-state index contributed by atoms with van der Waals surface area (Å²) in [5.74, 6) is 2.71. The number of fused-ring (bicyclic) bond motifs is 4. The fraction of sp³-hybridized carbons (Fsp3) is 0.0959. The van der Waals surface area contributed by atoms with Crippen LogP contribution in [-0.2, 0) is 26.5 Å². The van der Waals surface area contributed by atoms with E-state index in [9.17, 15) is 0 Å². The number of nitrogens with zero attached hydrogens (tertiary/aromatic N) is 4. The van der Waals surface area contributed by atoms with Crippen LogP contribution in [0.25, 0.3) is 72.1 Å². The van der Waals surface area contributed by atoms with E-state index in [0.717, 1.165) is 61.0 Å². The minimum absolute atomic E-state index is 0. The maximum absolute atomic E-state index is 9.17. The average molecular weight is 1230 g/mol. The first-order chi connectivity index (χ1) is 42.7. The van der Waals surface area contributed by atoms with E-state index in [-0.39, 0.29) is 49.0 Å². The van der Waals surface area contributed by atoms with Gasteiger partial charge in [0, 0.05) is 89.7 Å². The van der Waals surface area contributed by atoms with E-state index in [4.69, 9.17) is 28.2 Å². The Morgan fingerprint density at radius 1 is 0.525 bits per heavy atom. The first kappa shape index (κ1) is 41.1. The Hall–Kier alpha value is -8.96. The van der Waals surface area contributed by atoms with E-state index in [1.54, 1.807) is 36.0 Å². The van der Waals surface area contributed by atoms with Crippen LogP contribution in [0.1, 0.15) is 56.7 Å². The van der Waals surface area contributed by atoms with Gasteiger partial charge in [-0.15, -0.1) is 53.6 Å². The van der Waals surface area contributed by atoms with Gasteiger partial charge in [0.15, 0.2) is 0 Å². The van der Waals surface area contributed by atoms with Gasteiger partial charge in [-0.05, 0) is 94.8 Å². The summed E-state index contributed by atoms with van der Waals surface area (Å²) in [6.45, 7) is 14.5. The number of hydrogen-bond donors (Lipinski definition) is 0. The summed E-state index contributed by atoms with van der Waals surface area (Å²) in [6, 6.07) is 54.8. The Bertz CT molecular complexity index is 4670. The molecule has 7 heteroatoms. The molecule has 1 aliphatic rings. The Labute approximate surface area is 497 Å². The third-order valence-electron chi connectivity index (χ3n) is 14.8. The van der Waals surface area contributed by atoms with Crippen molar-refractivity contribution in [1.82, 2.24) is 9.55 Å². The summed E-state index contributed by atoms with van der Waals surface area (Å²) >= 11 is 0. The van der Waals surface area contributed by atoms with Crippen LogP contribution in [0.2, 0.25) is 0 Å². The molecular formula is C73H57N4O2Pt-3. The monoisotopic (exact) mass is 1230 g/mol. The van der Waals surface area contributed by atoms with Crippen LogP contribution in [-0.4, -0.2) is 9.55 Å². The van der Waals surface area contributed by atoms with Gasteiger partial charge in [-0.25, -0.2) is 4.98 Å². The van der Waals surface area contributed by atoms with Crippen molar-refractivity contribution in [2.24, 2.45) is 0 Å². The topological polar surface area (TPSA) is 42.8 Å². The third kappa shape index (κ3) is 9.44. The Morgan fingerprint density at radius 2 is 1.11 bits per heavy atom. The first-order valence-corrected chi connectivity index (χ1v) is 26.1. The number of para-hydroxylation sites is 4. The zero-order chi connectivity index (χ0) is 62.5. The van der Waals surface area contributed by atoms with Crippen molar-refractivity contribution in [2.75, 3.05) is 9.80 Å². The van der Waals surface area contributed by atoms with Crippen molar-refractivity contribution in [1.29, 1.82) is 0 Å². The molecule has 0 unspecified atom stereocenters. The average Bonchev–Trinajstić information content (AvgIpc) is 1.32. The molecule has 0 atom stereocenters. The molecule has 0 saturated carbocycles. The normalized spacial score (nSPS) is 13.9. The molecule has 1 aliphatic heterocycles. The van der Waals surface area contributed by atoms with E-state index >= 15 is 0 Å². The third-order valence-corrected chi connectivity index (χ3v) is 14.8. The molecule has 2 aromatic heterocycles. The van der Waals surface area contributed by atoms with Crippen molar-refractivity contribution < 1.29 is 44.2 Å². The zero-order valence-corrected chi connectivity index (χ0v) is 46.9. The Kier molecular flexibility index (Phi) is 11.0. The molecule has 0 aliphatic carbocycles. The van der Waals surface area contributed by atoms with Crippen molar-refractivity contribution in [2.45, 2.75) is 47.0 Å². The molecule has 80 heavy (non-hydrogen) atoms. The molecule has 0 amide bonds. The smallest absolute Gasteiger partial charge is 0.143 e. The van der Waals surface area contributed by atoms with Crippen molar-refractivity contribution in [3.63, 3.8) is 0 Å². The quantitative estimate of drug-likeness (QED) is 0.121. The number of ether oxygens (including phenoxy) is 2. The van der Waals surface area contributed by atoms with Crippen molar-refractivity contribution >= 4 is 44.6 Å². The molecule has 0 fully saturated rings. The summed E-state index contributed by atoms with van der Waals surface area (Å²) < 4.78 is 105. The number of benzene rings is 10. The molecular weight excluding hydrogens is 1160 g/mol. The molecule has 10 aromatic carbocycles. The molecule has 12 aromatic rings. The summed E-state index contributed by atoms with van der Waals surface area (Å²) in [6.07, 6.45) is 1.76. The van der Waals surface area contributed by atoms with Crippen molar-refractivity contribution in [3.05, 3.63) is 271 Å². The number of aromatic nitrogens is 2. The molecule has 0 N–H and O–H groups in total. The van der Waals surface area contributed by atoms with Crippen LogP contribution >= 0.6 is 0 Å². The molecule has 0 spiro atoms. The minimum atomic E-state index is -0.573. The molecule has 3 heterocycles. The van der Waals surface area contributed by atoms with Gasteiger partial charge < -0.3 is 23.8 Å². The SMILES string of the molecule is [2H]c1c([2H])c([2H])c(-c2cccc(-c3c([2H])c([2H])c([2H])c([2H])c3[2H])c2N2[CH-]N(c3[c-]c(Oc4[c-]c5c(cc4)c4ccccc4n5-c4cc(Oc5c(-c6ccccc6)c(C)c(C)c(C)c5-c5ccccc5)ccn4)cc(C(C)(C)C)c3)c3ccccc32)c([2H])c1[2H].[Pt]. The van der Waals surface area contributed by atoms with Crippen LogP contribution in [0.4, 0.5) is 22.7 Å². The van der Waals surface area contributed by atoms with E-state index in [1.165, 1.54) is 5.56 Å². The van der Waals surface area contributed by atoms with Gasteiger partial charge in [0.2, 0.25) is 0 Å². The molecule has 13 rings (SSSR count). The largest absolute Gasteiger partial charge is 0.509 e. The zero-order valence-electron chi connectivity index (χ0n) is 54.7. The minimum Gasteiger partial charge on any atom is -0.509 e. The Morgan fingerprint density at radius 3 is 1.74 bits per heavy atom. The fourth-order valence-corrected chi connectivity index (χ4v) is 10.7. The van der Waals surface area contributed by atoms with E-state index in [0.29, 0.717) is 45.6 Å². The van der Waals surface area contributed by atoms with Gasteiger partial charge in [-0.3, -0.25) is 0 Å². The van der Waals surface area contributed by atoms with E-state index < -0.39 is 65.8 Å². The molecule has 0 saturated heterocycles. The van der Waals surface area contributed by atoms with Gasteiger partial charge in [0.1, 0.15) is 17.3 Å². The van der Waals surface area contributed by atoms with Gasteiger partial charge in [0.25, 0.3) is 0 Å². The fourth-order valence-electron chi connectivity index (χ4n) is 10.7. The summed E-state index contributed by atoms with van der Waals surface area (Å²) in [5, 5.41) is 1.91. The second-order valence-corrected chi connectivity index (χ2v) is 20.6. The molecule has 0 radical (unpaired) electrons. The van der Waals surface area contributed by atoms with Crippen LogP contribution < -0.4 is 19.3 Å². The number of rotatable bonds is 11. The van der Waals surface area contributed by atoms with Crippen molar-refractivity contribution in [3.8, 4) is 73.3 Å². The van der Waals surface area contributed by atoms with Gasteiger partial charge >= 0.3 is 0 Å². The number of anilines is 4. The van der Waals surface area contributed by atoms with Crippen LogP contribution in [0.3, 0.4) is 0 Å². The van der Waals surface area contributed by atoms with Gasteiger partial charge in [-0.1, -0.05) is 196 Å². The Balaban J connectivity index is 0.00000785. The first-order valence-electron chi connectivity index (χ1n) is 31.1. The summed E-state index contributed by atoms with van der Waals surface area (Å²) in [4.78, 5) is 8.66. The summed E-state index contributed by atoms with van der Waals surface area (Å²) in [5.41, 5.74) is 11.7. The second-order valence-electron chi connectivity index (χ2n) is 20.6. The van der Waals surface area contributed by atoms with Crippen LogP contribution in [0.15, 0.2) is 230 Å². The standard InChI is InChI=1S/C73H57N4O2.Pt/c1-48-49(2)69(53-28-15-9-16-29-53)72(70(50(48)3)54-30-17-10-18-31-54)79-58-40-41-74-68(46-58)77-64-35-20-19-32-62(64)63-39-38-57(45-67(63)77)78-59-43-55(73(4,5)6)42-56(44-59)75-47-76(66-37-22-21-36-65(66)75)71-60(51-24-11-7-12-25-51)33-23-34-61(71)52-26-13-8-14-27-52;/h7-43,46-47H,1-6H3;/q-3;/i7D,8D,11D,12D,13D,14D,24D,25D,26D,27D;. The van der Waals surface area contributed by atoms with Crippen LogP contribution in [0.5, 0.6) is 23.0 Å².